The van der Waals surface area contributed by atoms with Crippen molar-refractivity contribution in [2.24, 2.45) is 5.92 Å². The largest absolute Gasteiger partial charge is 0.336 e. The van der Waals surface area contributed by atoms with E-state index in [9.17, 15) is 9.59 Å². The fraction of sp³-hybridized carbons (Fsp3) is 0.533. The molecule has 114 valence electrons. The molecule has 6 heteroatoms. The highest BCUT2D eigenvalue weighted by Crippen LogP contribution is 2.18. The zero-order valence-electron chi connectivity index (χ0n) is 12.5. The van der Waals surface area contributed by atoms with Crippen LogP contribution in [0.3, 0.4) is 0 Å². The maximum atomic E-state index is 12.3. The molecule has 1 aromatic heterocycles. The Bertz CT molecular complexity index is 490. The summed E-state index contributed by atoms with van der Waals surface area (Å²) in [7, 11) is 0. The van der Waals surface area contributed by atoms with E-state index in [4.69, 9.17) is 0 Å². The number of rotatable bonds is 3. The summed E-state index contributed by atoms with van der Waals surface area (Å²) in [6.45, 7) is 5.03. The third-order valence-corrected chi connectivity index (χ3v) is 3.44. The molecule has 3 amide bonds. The van der Waals surface area contributed by atoms with Crippen LogP contribution in [-0.4, -0.2) is 41.0 Å². The van der Waals surface area contributed by atoms with Crippen LogP contribution in [0.1, 0.15) is 26.7 Å². The van der Waals surface area contributed by atoms with Crippen molar-refractivity contribution < 1.29 is 9.59 Å². The predicted molar refractivity (Wildman–Crippen MR) is 80.8 cm³/mol. The molecule has 0 aliphatic carbocycles. The minimum atomic E-state index is -0.162. The number of pyridine rings is 1. The van der Waals surface area contributed by atoms with E-state index in [1.165, 1.54) is 0 Å². The molecule has 0 radical (unpaired) electrons. The van der Waals surface area contributed by atoms with Crippen molar-refractivity contribution in [3.63, 3.8) is 0 Å². The molecule has 6 nitrogen and oxygen atoms in total. The van der Waals surface area contributed by atoms with Gasteiger partial charge in [0.05, 0.1) is 5.92 Å². The van der Waals surface area contributed by atoms with Crippen LogP contribution in [0.15, 0.2) is 24.5 Å². The Morgan fingerprint density at radius 2 is 2.05 bits per heavy atom. The van der Waals surface area contributed by atoms with Gasteiger partial charge in [0, 0.05) is 37.2 Å². The predicted octanol–water partition coefficient (Wildman–Crippen LogP) is 1.85. The number of aromatic nitrogens is 1. The molecule has 1 aromatic rings. The van der Waals surface area contributed by atoms with E-state index in [-0.39, 0.29) is 23.9 Å². The minimum absolute atomic E-state index is 0.0387. The first-order valence-electron chi connectivity index (χ1n) is 7.32. The fourth-order valence-corrected chi connectivity index (χ4v) is 2.39. The van der Waals surface area contributed by atoms with Crippen LogP contribution in [0.4, 0.5) is 10.5 Å². The highest BCUT2D eigenvalue weighted by atomic mass is 16.2. The zero-order chi connectivity index (χ0) is 15.2. The number of hydrogen-bond acceptors (Lipinski definition) is 3. The molecule has 1 aliphatic heterocycles. The molecule has 0 bridgehead atoms. The summed E-state index contributed by atoms with van der Waals surface area (Å²) in [5.41, 5.74) is 0.735. The molecular weight excluding hydrogens is 268 g/mol. The summed E-state index contributed by atoms with van der Waals surface area (Å²) >= 11 is 0. The van der Waals surface area contributed by atoms with Gasteiger partial charge in [-0.15, -0.1) is 0 Å². The Balaban J connectivity index is 1.91. The number of piperidine rings is 1. The molecule has 21 heavy (non-hydrogen) atoms. The maximum absolute atomic E-state index is 12.3. The highest BCUT2D eigenvalue weighted by molar-refractivity contribution is 5.93. The molecule has 2 heterocycles. The summed E-state index contributed by atoms with van der Waals surface area (Å²) in [6.07, 6.45) is 4.93. The van der Waals surface area contributed by atoms with Gasteiger partial charge in [0.15, 0.2) is 0 Å². The number of carbonyl (C=O) groups excluding carboxylic acids is 2. The van der Waals surface area contributed by atoms with Gasteiger partial charge in [-0.05, 0) is 38.8 Å². The SMILES string of the molecule is CC(C)NC(=O)N1CCCC(C(=O)Nc2ccncc2)C1. The van der Waals surface area contributed by atoms with Gasteiger partial charge in [-0.25, -0.2) is 4.79 Å². The molecule has 0 saturated carbocycles. The van der Waals surface area contributed by atoms with Gasteiger partial charge in [-0.1, -0.05) is 0 Å². The van der Waals surface area contributed by atoms with Gasteiger partial charge < -0.3 is 15.5 Å². The second-order valence-corrected chi connectivity index (χ2v) is 5.61. The summed E-state index contributed by atoms with van der Waals surface area (Å²) < 4.78 is 0. The zero-order valence-corrected chi connectivity index (χ0v) is 12.5. The van der Waals surface area contributed by atoms with E-state index in [0.717, 1.165) is 18.5 Å². The summed E-state index contributed by atoms with van der Waals surface area (Å²) in [4.78, 5) is 29.9. The maximum Gasteiger partial charge on any atom is 0.317 e. The van der Waals surface area contributed by atoms with Crippen molar-refractivity contribution in [1.29, 1.82) is 0 Å². The van der Waals surface area contributed by atoms with Crippen LogP contribution in [-0.2, 0) is 4.79 Å². The molecule has 1 saturated heterocycles. The Morgan fingerprint density at radius 3 is 2.71 bits per heavy atom. The lowest BCUT2D eigenvalue weighted by Gasteiger charge is -2.32. The molecule has 2 N–H and O–H groups in total. The number of amides is 3. The molecule has 1 atom stereocenters. The highest BCUT2D eigenvalue weighted by Gasteiger charge is 2.28. The number of anilines is 1. The van der Waals surface area contributed by atoms with Crippen molar-refractivity contribution >= 4 is 17.6 Å². The minimum Gasteiger partial charge on any atom is -0.336 e. The lowest BCUT2D eigenvalue weighted by molar-refractivity contribution is -0.121. The van der Waals surface area contributed by atoms with Crippen molar-refractivity contribution in [1.82, 2.24) is 15.2 Å². The van der Waals surface area contributed by atoms with E-state index >= 15 is 0 Å². The Kier molecular flexibility index (Phi) is 5.14. The van der Waals surface area contributed by atoms with Crippen molar-refractivity contribution in [3.8, 4) is 0 Å². The number of carbonyl (C=O) groups is 2. The second kappa shape index (κ2) is 7.06. The van der Waals surface area contributed by atoms with Crippen LogP contribution in [0, 0.1) is 5.92 Å². The Labute approximate surface area is 124 Å². The molecule has 1 fully saturated rings. The van der Waals surface area contributed by atoms with E-state index in [2.05, 4.69) is 15.6 Å². The number of hydrogen-bond donors (Lipinski definition) is 2. The summed E-state index contributed by atoms with van der Waals surface area (Å²) in [5, 5.41) is 5.74. The lowest BCUT2D eigenvalue weighted by Crippen LogP contribution is -2.49. The first-order valence-corrected chi connectivity index (χ1v) is 7.32. The second-order valence-electron chi connectivity index (χ2n) is 5.61. The van der Waals surface area contributed by atoms with Gasteiger partial charge in [-0.3, -0.25) is 9.78 Å². The van der Waals surface area contributed by atoms with Gasteiger partial charge in [0.25, 0.3) is 0 Å². The van der Waals surface area contributed by atoms with Crippen LogP contribution in [0.25, 0.3) is 0 Å². The molecule has 1 aliphatic rings. The van der Waals surface area contributed by atoms with Gasteiger partial charge in [0.1, 0.15) is 0 Å². The van der Waals surface area contributed by atoms with E-state index in [1.54, 1.807) is 29.4 Å². The first kappa shape index (κ1) is 15.3. The molecular formula is C15H22N4O2. The summed E-state index contributed by atoms with van der Waals surface area (Å²) in [5.74, 6) is -0.201. The van der Waals surface area contributed by atoms with Crippen molar-refractivity contribution in [2.45, 2.75) is 32.7 Å². The average molecular weight is 290 g/mol. The number of nitrogens with one attached hydrogen (secondary N) is 2. The standard InChI is InChI=1S/C15H22N4O2/c1-11(2)17-15(21)19-9-3-4-12(10-19)14(20)18-13-5-7-16-8-6-13/h5-8,11-12H,3-4,9-10H2,1-2H3,(H,17,21)(H,16,18,20). The number of likely N-dealkylation sites (tertiary alicyclic amines) is 1. The third-order valence-electron chi connectivity index (χ3n) is 3.44. The number of urea groups is 1. The normalized spacial score (nSPS) is 18.4. The molecule has 0 aromatic carbocycles. The smallest absolute Gasteiger partial charge is 0.317 e. The monoisotopic (exact) mass is 290 g/mol. The Morgan fingerprint density at radius 1 is 1.33 bits per heavy atom. The number of nitrogens with zero attached hydrogens (tertiary/aromatic N) is 2. The van der Waals surface area contributed by atoms with Gasteiger partial charge in [0.2, 0.25) is 5.91 Å². The van der Waals surface area contributed by atoms with Crippen molar-refractivity contribution in [2.75, 3.05) is 18.4 Å². The Hall–Kier alpha value is -2.11. The molecule has 1 unspecified atom stereocenters. The van der Waals surface area contributed by atoms with Crippen LogP contribution < -0.4 is 10.6 Å². The quantitative estimate of drug-likeness (QED) is 0.892. The van der Waals surface area contributed by atoms with Crippen molar-refractivity contribution in [3.05, 3.63) is 24.5 Å². The molecule has 2 rings (SSSR count). The first-order chi connectivity index (χ1) is 10.1. The van der Waals surface area contributed by atoms with E-state index in [1.807, 2.05) is 13.8 Å². The topological polar surface area (TPSA) is 74.3 Å². The third kappa shape index (κ3) is 4.44. The van der Waals surface area contributed by atoms with Crippen LogP contribution >= 0.6 is 0 Å². The fourth-order valence-electron chi connectivity index (χ4n) is 2.39. The average Bonchev–Trinajstić information content (AvgIpc) is 2.47. The van der Waals surface area contributed by atoms with E-state index in [0.29, 0.717) is 13.1 Å². The van der Waals surface area contributed by atoms with Gasteiger partial charge >= 0.3 is 6.03 Å². The van der Waals surface area contributed by atoms with Gasteiger partial charge in [-0.2, -0.15) is 0 Å². The van der Waals surface area contributed by atoms with Crippen LogP contribution in [0.2, 0.25) is 0 Å². The van der Waals surface area contributed by atoms with Crippen LogP contribution in [0.5, 0.6) is 0 Å². The summed E-state index contributed by atoms with van der Waals surface area (Å²) in [6, 6.07) is 3.52. The lowest BCUT2D eigenvalue weighted by atomic mass is 9.97. The molecule has 0 spiro atoms. The van der Waals surface area contributed by atoms with E-state index < -0.39 is 0 Å².